The molecule has 0 aromatic heterocycles. The SMILES string of the molecule is C.C.CO.CS(=O)(=O)N1Cc2ccccc2N(C(=O)c2ccc(NC(=O)c3ccccc3-c3ccccc3)cc2Cl)C[C@H]1CO.CS(=O)(=O)OC[C@@H]1CN(C(=O)c2ccc(NC(=O)c3ccccc3-c3ccccc3)cc2Cl)c2ccccc2CN1S(C)(=O)=O.O=C(Nc1ccc(C(=O)N2C[C@@H](CO)NCc3ccccc32)c(Cl)c1)c1ccccc1-c1ccccc1.[Na+].[OH-]. The van der Waals surface area contributed by atoms with Gasteiger partial charge in [-0.05, 0) is 141 Å². The number of sulfonamides is 2. The first kappa shape index (κ1) is 103. The summed E-state index contributed by atoms with van der Waals surface area (Å²) >= 11 is 19.8. The van der Waals surface area contributed by atoms with Crippen molar-refractivity contribution in [3.8, 4) is 33.4 Å². The van der Waals surface area contributed by atoms with Crippen LogP contribution in [0.15, 0.2) is 291 Å². The Kier molecular flexibility index (Phi) is 37.5. The van der Waals surface area contributed by atoms with E-state index in [1.54, 1.807) is 114 Å². The van der Waals surface area contributed by atoms with Gasteiger partial charge < -0.3 is 56.8 Å². The first-order chi connectivity index (χ1) is 60.0. The summed E-state index contributed by atoms with van der Waals surface area (Å²) in [5.74, 6) is -2.23. The number of carbonyl (C=O) groups is 6. The smallest absolute Gasteiger partial charge is 0.870 e. The molecule has 33 heteroatoms. The Hall–Kier alpha value is -11.1. The number of hydrogen-bond donors (Lipinski definition) is 7. The molecule has 15 rings (SSSR count). The summed E-state index contributed by atoms with van der Waals surface area (Å²) < 4.78 is 81.5. The van der Waals surface area contributed by atoms with Gasteiger partial charge in [0.1, 0.15) is 0 Å². The topological polar surface area (TPSA) is 369 Å². The van der Waals surface area contributed by atoms with E-state index >= 15 is 0 Å². The number of hydrogen-bond acceptors (Lipinski definition) is 18. The summed E-state index contributed by atoms with van der Waals surface area (Å²) in [6, 6.07) is 84.0. The summed E-state index contributed by atoms with van der Waals surface area (Å²) in [5.41, 5.74) is 12.3. The number of halogens is 3. The van der Waals surface area contributed by atoms with Gasteiger partial charge in [0.2, 0.25) is 20.0 Å². The Balaban J connectivity index is 0.000000234. The molecule has 0 fully saturated rings. The monoisotopic (exact) mass is 1870 g/mol. The molecule has 0 spiro atoms. The summed E-state index contributed by atoms with van der Waals surface area (Å²) in [7, 11) is -10.4. The number of aliphatic hydroxyl groups excluding tert-OH is 3. The molecule has 3 aliphatic rings. The summed E-state index contributed by atoms with van der Waals surface area (Å²) in [6.45, 7) is -0.547. The zero-order chi connectivity index (χ0) is 89.3. The van der Waals surface area contributed by atoms with Gasteiger partial charge in [0.05, 0.1) is 82.4 Å². The van der Waals surface area contributed by atoms with Crippen molar-refractivity contribution in [2.75, 3.05) is 96.0 Å². The summed E-state index contributed by atoms with van der Waals surface area (Å²) in [4.78, 5) is 85.6. The molecule has 0 saturated carbocycles. The second-order valence-corrected chi connectivity index (χ2v) is 35.9. The van der Waals surface area contributed by atoms with Crippen LogP contribution in [0.3, 0.4) is 0 Å². The largest absolute Gasteiger partial charge is 1.00 e. The second-order valence-electron chi connectivity index (χ2n) is 29.2. The van der Waals surface area contributed by atoms with Crippen molar-refractivity contribution in [3.63, 3.8) is 0 Å². The van der Waals surface area contributed by atoms with Gasteiger partial charge in [0.25, 0.3) is 45.6 Å². The fourth-order valence-electron chi connectivity index (χ4n) is 14.7. The van der Waals surface area contributed by atoms with Crippen molar-refractivity contribution in [2.24, 2.45) is 0 Å². The molecule has 0 saturated heterocycles. The average molecular weight is 1870 g/mol. The normalized spacial score (nSPS) is 14.7. The minimum Gasteiger partial charge on any atom is -0.870 e. The van der Waals surface area contributed by atoms with Gasteiger partial charge in [-0.1, -0.05) is 250 Å². The molecule has 8 N–H and O–H groups in total. The van der Waals surface area contributed by atoms with Gasteiger partial charge in [-0.15, -0.1) is 0 Å². The van der Waals surface area contributed by atoms with E-state index in [0.717, 1.165) is 74.8 Å². The quantitative estimate of drug-likeness (QED) is 0.0292. The van der Waals surface area contributed by atoms with Crippen LogP contribution in [0.5, 0.6) is 0 Å². The number of nitrogens with zero attached hydrogens (tertiary/aromatic N) is 5. The number of nitrogens with one attached hydrogen (secondary N) is 4. The molecule has 0 bridgehead atoms. The summed E-state index contributed by atoms with van der Waals surface area (Å²) in [5, 5.41) is 39.1. The van der Waals surface area contributed by atoms with Gasteiger partial charge in [0.15, 0.2) is 0 Å². The second kappa shape index (κ2) is 46.9. The molecule has 3 heterocycles. The van der Waals surface area contributed by atoms with Crippen molar-refractivity contribution >= 4 is 135 Å². The number of carbonyl (C=O) groups excluding carboxylic acids is 6. The molecule has 0 radical (unpaired) electrons. The standard InChI is InChI=1S/C32H30ClN3O7S2.C31H28ClN3O5S.C30H26ClN3O3.CH4O.2CH4.Na.H2O/c1-44(39,40)36-19-23-12-6-9-15-30(23)35(20-25(36)21-43-45(2,41)42)32(38)28-17-16-24(18-29(28)33)34-31(37)27-14-8-7-13-26(27)22-10-4-3-5-11-22;1-41(39,40)35-18-22-11-5-8-14-29(22)34(19-24(35)20-36)31(38)27-16-15-23(17-28(27)32)33-30(37)26-13-7-6-12-25(26)21-9-3-2-4-10-21;31-27-16-22(33-29(36)25-12-6-5-11-24(25)20-8-2-1-3-9-20)14-15-26(27)30(37)34-18-23(19-35)32-17-21-10-4-7-13-28(21)34;1-2;;;;/h3-18,25H,19-21H2,1-2H3,(H,34,37);2-17,24,36H,18-20H2,1H3,(H,33,37);1-16,23,32,35H,17-19H2,(H,33,36);2H,1H3;2*1H4;;1H2/q;;;;;;+1;/p-1/t25-;24-;23-;;;;;/m000...../s1. The number of fused-ring (bicyclic) bond motifs is 3. The van der Waals surface area contributed by atoms with Crippen molar-refractivity contribution in [2.45, 2.75) is 52.6 Å². The number of anilines is 6. The molecular formula is C96H97Cl3N9NaO17S3. The molecule has 3 aliphatic heterocycles. The minimum absolute atomic E-state index is 0. The molecule has 12 aromatic carbocycles. The van der Waals surface area contributed by atoms with Crippen LogP contribution in [0, 0.1) is 0 Å². The van der Waals surface area contributed by atoms with E-state index in [-0.39, 0.29) is 139 Å². The Morgan fingerprint density at radius 1 is 0.388 bits per heavy atom. The Bertz CT molecular complexity index is 6340. The van der Waals surface area contributed by atoms with Crippen LogP contribution < -0.4 is 65.5 Å². The number of rotatable bonds is 19. The molecule has 0 aliphatic carbocycles. The van der Waals surface area contributed by atoms with E-state index in [2.05, 4.69) is 21.3 Å². The van der Waals surface area contributed by atoms with Crippen LogP contribution in [0.2, 0.25) is 15.1 Å². The van der Waals surface area contributed by atoms with Gasteiger partial charge in [-0.3, -0.25) is 33.0 Å². The third-order valence-electron chi connectivity index (χ3n) is 20.7. The van der Waals surface area contributed by atoms with Crippen molar-refractivity contribution in [1.82, 2.24) is 13.9 Å². The number of amides is 6. The molecule has 26 nitrogen and oxygen atoms in total. The molecule has 6 amide bonds. The third-order valence-corrected chi connectivity index (χ3v) is 24.8. The molecule has 668 valence electrons. The maximum Gasteiger partial charge on any atom is 1.00 e. The van der Waals surface area contributed by atoms with Crippen LogP contribution in [-0.4, -0.2) is 174 Å². The van der Waals surface area contributed by atoms with Gasteiger partial charge in [-0.2, -0.15) is 17.0 Å². The predicted octanol–water partition coefficient (Wildman–Crippen LogP) is 13.1. The minimum atomic E-state index is -3.90. The van der Waals surface area contributed by atoms with Crippen LogP contribution >= 0.6 is 34.8 Å². The molecular weight excluding hydrogens is 1780 g/mol. The van der Waals surface area contributed by atoms with E-state index in [1.807, 2.05) is 158 Å². The zero-order valence-corrected chi connectivity index (χ0v) is 76.2. The maximum absolute atomic E-state index is 14.0. The van der Waals surface area contributed by atoms with Crippen molar-refractivity contribution in [1.29, 1.82) is 0 Å². The average Bonchev–Trinajstić information content (AvgIpc) is 1.64. The Labute approximate surface area is 788 Å². The van der Waals surface area contributed by atoms with E-state index in [9.17, 15) is 64.2 Å². The maximum atomic E-state index is 14.0. The van der Waals surface area contributed by atoms with Crippen LogP contribution in [0.1, 0.15) is 93.7 Å². The van der Waals surface area contributed by atoms with E-state index in [1.165, 1.54) is 38.4 Å². The fraction of sp³-hybridized carbons (Fsp3) is 0.188. The zero-order valence-electron chi connectivity index (χ0n) is 69.5. The third kappa shape index (κ3) is 25.7. The number of benzene rings is 12. The molecule has 3 atom stereocenters. The van der Waals surface area contributed by atoms with Crippen LogP contribution in [0.25, 0.3) is 33.4 Å². The van der Waals surface area contributed by atoms with E-state index < -0.39 is 67.3 Å². The Morgan fingerprint density at radius 3 is 1.01 bits per heavy atom. The fourth-order valence-corrected chi connectivity index (χ4v) is 18.0. The first-order valence-corrected chi connectivity index (χ1v) is 45.8. The van der Waals surface area contributed by atoms with Crippen molar-refractivity contribution < 1.29 is 109 Å². The first-order valence-electron chi connectivity index (χ1n) is 39.2. The summed E-state index contributed by atoms with van der Waals surface area (Å²) in [6.07, 6.45) is 2.97. The Morgan fingerprint density at radius 2 is 0.682 bits per heavy atom. The number of para-hydroxylation sites is 3. The van der Waals surface area contributed by atoms with Gasteiger partial charge >= 0.3 is 29.6 Å². The number of aliphatic hydroxyl groups is 3. The molecule has 129 heavy (non-hydrogen) atoms. The van der Waals surface area contributed by atoms with Crippen LogP contribution in [0.4, 0.5) is 34.1 Å². The van der Waals surface area contributed by atoms with Crippen molar-refractivity contribution in [3.05, 3.63) is 356 Å². The van der Waals surface area contributed by atoms with Gasteiger partial charge in [0, 0.05) is 103 Å². The van der Waals surface area contributed by atoms with E-state index in [0.29, 0.717) is 74.9 Å². The van der Waals surface area contributed by atoms with Gasteiger partial charge in [-0.25, -0.2) is 16.8 Å². The molecule has 12 aromatic rings. The van der Waals surface area contributed by atoms with Crippen LogP contribution in [-0.2, 0) is 54.0 Å². The van der Waals surface area contributed by atoms with E-state index in [4.69, 9.17) is 44.1 Å². The predicted molar refractivity (Wildman–Crippen MR) is 506 cm³/mol. The molecule has 0 unspecified atom stereocenters.